The summed E-state index contributed by atoms with van der Waals surface area (Å²) in [6.07, 6.45) is 3.23. The molecule has 0 atom stereocenters. The number of imidazole rings is 1. The number of hydrogen-bond donors (Lipinski definition) is 0. The highest BCUT2D eigenvalue weighted by atomic mass is 127. The maximum atomic E-state index is 11.7. The molecular formula is C18H22IN3O2S. The molecule has 0 saturated heterocycles. The number of rotatable bonds is 4. The fourth-order valence-electron chi connectivity index (χ4n) is 2.74. The van der Waals surface area contributed by atoms with Gasteiger partial charge < -0.3 is 28.5 Å². The van der Waals surface area contributed by atoms with Gasteiger partial charge in [-0.2, -0.15) is 0 Å². The van der Waals surface area contributed by atoms with Gasteiger partial charge in [0, 0.05) is 18.0 Å². The first-order valence-corrected chi connectivity index (χ1v) is 9.61. The van der Waals surface area contributed by atoms with Crippen LogP contribution in [-0.2, 0) is 16.4 Å². The topological polar surface area (TPSA) is 51.4 Å². The largest absolute Gasteiger partial charge is 1.00 e. The summed E-state index contributed by atoms with van der Waals surface area (Å²) in [5.74, 6) is 0. The van der Waals surface area contributed by atoms with E-state index in [-0.39, 0.29) is 24.0 Å². The SMILES string of the molecule is C[N+](C)(C)Cc1c(-c2ccc(S(C)(=O)=O)cc2)nc2ccccn12.[I-]. The van der Waals surface area contributed by atoms with E-state index in [9.17, 15) is 8.42 Å². The number of sulfone groups is 1. The van der Waals surface area contributed by atoms with Crippen molar-refractivity contribution < 1.29 is 36.9 Å². The summed E-state index contributed by atoms with van der Waals surface area (Å²) in [6, 6.07) is 12.9. The molecule has 3 rings (SSSR count). The van der Waals surface area contributed by atoms with E-state index in [4.69, 9.17) is 4.98 Å². The average Bonchev–Trinajstić information content (AvgIpc) is 2.84. The summed E-state index contributed by atoms with van der Waals surface area (Å²) >= 11 is 0. The molecule has 134 valence electrons. The molecule has 0 aliphatic rings. The molecule has 0 unspecified atom stereocenters. The zero-order chi connectivity index (χ0) is 17.5. The monoisotopic (exact) mass is 471 g/mol. The molecule has 1 aromatic carbocycles. The zero-order valence-corrected chi connectivity index (χ0v) is 17.7. The molecule has 0 radical (unpaired) electrons. The zero-order valence-electron chi connectivity index (χ0n) is 14.8. The number of quaternary nitrogens is 1. The van der Waals surface area contributed by atoms with Crippen LogP contribution in [-0.4, -0.2) is 49.7 Å². The van der Waals surface area contributed by atoms with E-state index in [1.165, 1.54) is 6.26 Å². The van der Waals surface area contributed by atoms with E-state index in [0.717, 1.165) is 33.6 Å². The summed E-state index contributed by atoms with van der Waals surface area (Å²) in [7, 11) is 3.22. The van der Waals surface area contributed by atoms with Gasteiger partial charge in [0.2, 0.25) is 0 Å². The Kier molecular flexibility index (Phi) is 5.60. The number of fused-ring (bicyclic) bond motifs is 1. The average molecular weight is 471 g/mol. The minimum Gasteiger partial charge on any atom is -1.00 e. The lowest BCUT2D eigenvalue weighted by Crippen LogP contribution is -3.00. The van der Waals surface area contributed by atoms with E-state index in [2.05, 4.69) is 25.5 Å². The summed E-state index contributed by atoms with van der Waals surface area (Å²) in [5, 5.41) is 0. The first kappa shape index (κ1) is 19.9. The summed E-state index contributed by atoms with van der Waals surface area (Å²) < 4.78 is 26.2. The van der Waals surface area contributed by atoms with E-state index in [1.807, 2.05) is 36.5 Å². The molecule has 0 N–H and O–H groups in total. The molecule has 3 aromatic rings. The number of pyridine rings is 1. The standard InChI is InChI=1S/C18H22N3O2S.HI/c1-21(2,3)13-16-18(19-17-7-5-6-12-20(16)17)14-8-10-15(11-9-14)24(4,22)23;/h5-12H,13H2,1-4H3;1H/q+1;/p-1. The van der Waals surface area contributed by atoms with Crippen molar-refractivity contribution in [1.82, 2.24) is 9.38 Å². The third-order valence-electron chi connectivity index (χ3n) is 3.81. The summed E-state index contributed by atoms with van der Waals surface area (Å²) in [5.41, 5.74) is 3.83. The van der Waals surface area contributed by atoms with Gasteiger partial charge in [-0.1, -0.05) is 18.2 Å². The Hall–Kier alpha value is -1.45. The van der Waals surface area contributed by atoms with Crippen LogP contribution in [0.4, 0.5) is 0 Å². The number of aromatic nitrogens is 2. The first-order chi connectivity index (χ1) is 11.1. The van der Waals surface area contributed by atoms with Gasteiger partial charge in [-0.15, -0.1) is 0 Å². The van der Waals surface area contributed by atoms with E-state index < -0.39 is 9.84 Å². The van der Waals surface area contributed by atoms with E-state index in [1.54, 1.807) is 12.1 Å². The van der Waals surface area contributed by atoms with Gasteiger partial charge >= 0.3 is 0 Å². The number of halogens is 1. The van der Waals surface area contributed by atoms with Crippen LogP contribution in [0.25, 0.3) is 16.9 Å². The maximum Gasteiger partial charge on any atom is 0.175 e. The highest BCUT2D eigenvalue weighted by Crippen LogP contribution is 2.27. The molecule has 7 heteroatoms. The second kappa shape index (κ2) is 7.05. The van der Waals surface area contributed by atoms with Gasteiger partial charge in [0.25, 0.3) is 0 Å². The van der Waals surface area contributed by atoms with Crippen molar-refractivity contribution in [3.05, 3.63) is 54.4 Å². The van der Waals surface area contributed by atoms with E-state index in [0.29, 0.717) is 4.90 Å². The van der Waals surface area contributed by atoms with Gasteiger partial charge in [0.15, 0.2) is 9.84 Å². The van der Waals surface area contributed by atoms with Gasteiger partial charge in [0.05, 0.1) is 31.7 Å². The Bertz CT molecular complexity index is 987. The quantitative estimate of drug-likeness (QED) is 0.385. The number of benzene rings is 1. The molecule has 2 aromatic heterocycles. The highest BCUT2D eigenvalue weighted by molar-refractivity contribution is 7.90. The fraction of sp³-hybridized carbons (Fsp3) is 0.278. The van der Waals surface area contributed by atoms with Gasteiger partial charge in [-0.05, 0) is 24.3 Å². The van der Waals surface area contributed by atoms with Crippen molar-refractivity contribution in [2.24, 2.45) is 0 Å². The van der Waals surface area contributed by atoms with Crippen LogP contribution in [0.15, 0.2) is 53.6 Å². The van der Waals surface area contributed by atoms with Gasteiger partial charge in [-0.3, -0.25) is 4.40 Å². The van der Waals surface area contributed by atoms with Crippen molar-refractivity contribution >= 4 is 15.5 Å². The molecule has 0 bridgehead atoms. The van der Waals surface area contributed by atoms with Crippen molar-refractivity contribution in [1.29, 1.82) is 0 Å². The molecular weight excluding hydrogens is 449 g/mol. The molecule has 0 aliphatic carbocycles. The second-order valence-electron chi connectivity index (χ2n) is 7.08. The van der Waals surface area contributed by atoms with Gasteiger partial charge in [0.1, 0.15) is 17.9 Å². The number of nitrogens with zero attached hydrogens (tertiary/aromatic N) is 3. The number of hydrogen-bond acceptors (Lipinski definition) is 3. The molecule has 0 amide bonds. The molecule has 0 aliphatic heterocycles. The molecule has 2 heterocycles. The van der Waals surface area contributed by atoms with Crippen molar-refractivity contribution in [2.75, 3.05) is 27.4 Å². The molecule has 5 nitrogen and oxygen atoms in total. The van der Waals surface area contributed by atoms with Gasteiger partial charge in [-0.25, -0.2) is 13.4 Å². The molecule has 25 heavy (non-hydrogen) atoms. The first-order valence-electron chi connectivity index (χ1n) is 7.72. The smallest absolute Gasteiger partial charge is 0.175 e. The summed E-state index contributed by atoms with van der Waals surface area (Å²) in [6.45, 7) is 0.814. The Balaban J connectivity index is 0.00000225. The third-order valence-corrected chi connectivity index (χ3v) is 4.94. The predicted octanol–water partition coefficient (Wildman–Crippen LogP) is -0.385. The lowest BCUT2D eigenvalue weighted by molar-refractivity contribution is -0.884. The minimum atomic E-state index is -3.19. The molecule has 0 fully saturated rings. The fourth-order valence-corrected chi connectivity index (χ4v) is 3.37. The third kappa shape index (κ3) is 4.39. The second-order valence-corrected chi connectivity index (χ2v) is 9.10. The van der Waals surface area contributed by atoms with Crippen LogP contribution in [0.5, 0.6) is 0 Å². The lowest BCUT2D eigenvalue weighted by Gasteiger charge is -2.24. The predicted molar refractivity (Wildman–Crippen MR) is 95.5 cm³/mol. The van der Waals surface area contributed by atoms with Crippen LogP contribution in [0, 0.1) is 0 Å². The van der Waals surface area contributed by atoms with Crippen LogP contribution in [0.1, 0.15) is 5.69 Å². The lowest BCUT2D eigenvalue weighted by atomic mass is 10.1. The van der Waals surface area contributed by atoms with Crippen molar-refractivity contribution in [3.63, 3.8) is 0 Å². The van der Waals surface area contributed by atoms with E-state index >= 15 is 0 Å². The Morgan fingerprint density at radius 2 is 1.68 bits per heavy atom. The highest BCUT2D eigenvalue weighted by Gasteiger charge is 2.20. The Morgan fingerprint density at radius 3 is 2.24 bits per heavy atom. The molecule has 0 saturated carbocycles. The van der Waals surface area contributed by atoms with Crippen molar-refractivity contribution in [2.45, 2.75) is 11.4 Å². The Morgan fingerprint density at radius 1 is 1.04 bits per heavy atom. The Labute approximate surface area is 165 Å². The molecule has 0 spiro atoms. The normalized spacial score (nSPS) is 12.2. The minimum absolute atomic E-state index is 0. The van der Waals surface area contributed by atoms with Crippen LogP contribution in [0.2, 0.25) is 0 Å². The van der Waals surface area contributed by atoms with Crippen LogP contribution >= 0.6 is 0 Å². The maximum absolute atomic E-state index is 11.7. The van der Waals surface area contributed by atoms with Crippen LogP contribution in [0.3, 0.4) is 0 Å². The van der Waals surface area contributed by atoms with Crippen molar-refractivity contribution in [3.8, 4) is 11.3 Å². The summed E-state index contributed by atoms with van der Waals surface area (Å²) in [4.78, 5) is 5.08. The van der Waals surface area contributed by atoms with Crippen LogP contribution < -0.4 is 24.0 Å².